The van der Waals surface area contributed by atoms with Gasteiger partial charge in [0.2, 0.25) is 5.75 Å². The molecule has 0 unspecified atom stereocenters. The van der Waals surface area contributed by atoms with Crippen molar-refractivity contribution in [3.05, 3.63) is 38.3 Å². The Bertz CT molecular complexity index is 808. The molecule has 0 atom stereocenters. The highest BCUT2D eigenvalue weighted by Crippen LogP contribution is 2.46. The largest absolute Gasteiger partial charge is 0.503 e. The van der Waals surface area contributed by atoms with Crippen LogP contribution in [0.3, 0.4) is 0 Å². The number of phenols is 1. The van der Waals surface area contributed by atoms with Gasteiger partial charge in [-0.05, 0) is 30.0 Å². The maximum atomic E-state index is 10.1. The minimum atomic E-state index is -0.149. The van der Waals surface area contributed by atoms with Gasteiger partial charge in [0.1, 0.15) is 0 Å². The molecule has 0 heterocycles. The summed E-state index contributed by atoms with van der Waals surface area (Å²) in [5.74, 6) is 1.37. The van der Waals surface area contributed by atoms with Crippen LogP contribution in [0.5, 0.6) is 28.7 Å². The zero-order valence-corrected chi connectivity index (χ0v) is 17.1. The van der Waals surface area contributed by atoms with Crippen molar-refractivity contribution in [2.45, 2.75) is 12.8 Å². The number of hydrogen-bond acceptors (Lipinski definition) is 5. The van der Waals surface area contributed by atoms with Gasteiger partial charge in [-0.15, -0.1) is 0 Å². The minimum Gasteiger partial charge on any atom is -0.503 e. The number of benzene rings is 2. The highest BCUT2D eigenvalue weighted by molar-refractivity contribution is 6.37. The first-order valence-electron chi connectivity index (χ1n) is 7.60. The summed E-state index contributed by atoms with van der Waals surface area (Å²) < 4.78 is 21.1. The third-order valence-corrected chi connectivity index (χ3v) is 5.12. The van der Waals surface area contributed by atoms with E-state index in [-0.39, 0.29) is 16.5 Å². The fourth-order valence-electron chi connectivity index (χ4n) is 2.62. The monoisotopic (exact) mass is 420 g/mol. The molecule has 2 aromatic carbocycles. The second-order valence-corrected chi connectivity index (χ2v) is 6.48. The molecule has 26 heavy (non-hydrogen) atoms. The number of aryl methyl sites for hydroxylation is 1. The van der Waals surface area contributed by atoms with E-state index in [1.807, 2.05) is 0 Å². The van der Waals surface area contributed by atoms with E-state index in [1.165, 1.54) is 34.5 Å². The van der Waals surface area contributed by atoms with Gasteiger partial charge in [-0.1, -0.05) is 34.8 Å². The van der Waals surface area contributed by atoms with Gasteiger partial charge in [0.25, 0.3) is 0 Å². The predicted octanol–water partition coefficient (Wildman–Crippen LogP) is 5.17. The number of rotatable bonds is 7. The third-order valence-electron chi connectivity index (χ3n) is 3.96. The Hall–Kier alpha value is -1.69. The van der Waals surface area contributed by atoms with Gasteiger partial charge in [0, 0.05) is 11.1 Å². The molecule has 0 saturated heterocycles. The second kappa shape index (κ2) is 8.80. The number of methoxy groups -OCH3 is 4. The summed E-state index contributed by atoms with van der Waals surface area (Å²) in [5, 5.41) is 11.0. The van der Waals surface area contributed by atoms with E-state index in [2.05, 4.69) is 0 Å². The smallest absolute Gasteiger partial charge is 0.204 e. The van der Waals surface area contributed by atoms with Gasteiger partial charge in [0.15, 0.2) is 23.0 Å². The standard InChI is InChI=1S/C18H19Cl3O5/c1-23-12-8-11(19)10(15(21)16(12)22)6-5-9-7-13(24-2)17(25-3)18(26-4)14(9)20/h7-8,22H,5-6H2,1-4H3. The Kier molecular flexibility index (Phi) is 6.98. The van der Waals surface area contributed by atoms with Crippen LogP contribution < -0.4 is 18.9 Å². The summed E-state index contributed by atoms with van der Waals surface area (Å²) >= 11 is 19.0. The van der Waals surface area contributed by atoms with Crippen LogP contribution in [0.1, 0.15) is 11.1 Å². The summed E-state index contributed by atoms with van der Waals surface area (Å²) in [7, 11) is 5.97. The maximum absolute atomic E-state index is 10.1. The molecular formula is C18H19Cl3O5. The van der Waals surface area contributed by atoms with Gasteiger partial charge < -0.3 is 24.1 Å². The highest BCUT2D eigenvalue weighted by Gasteiger charge is 2.21. The summed E-state index contributed by atoms with van der Waals surface area (Å²) in [5.41, 5.74) is 1.36. The summed E-state index contributed by atoms with van der Waals surface area (Å²) in [6.07, 6.45) is 0.925. The Morgan fingerprint density at radius 2 is 1.38 bits per heavy atom. The first kappa shape index (κ1) is 20.6. The third kappa shape index (κ3) is 3.85. The molecule has 0 aromatic heterocycles. The SMILES string of the molecule is COc1cc(Cl)c(CCc2cc(OC)c(OC)c(OC)c2Cl)c(Cl)c1O. The van der Waals surface area contributed by atoms with Crippen LogP contribution in [0.25, 0.3) is 0 Å². The number of phenolic OH excluding ortho intramolecular Hbond substituents is 1. The van der Waals surface area contributed by atoms with E-state index in [9.17, 15) is 5.11 Å². The van der Waals surface area contributed by atoms with Crippen LogP contribution in [0.15, 0.2) is 12.1 Å². The van der Waals surface area contributed by atoms with E-state index in [0.29, 0.717) is 45.7 Å². The van der Waals surface area contributed by atoms with Gasteiger partial charge in [-0.3, -0.25) is 0 Å². The van der Waals surface area contributed by atoms with Crippen LogP contribution in [0.4, 0.5) is 0 Å². The number of aromatic hydroxyl groups is 1. The molecule has 8 heteroatoms. The molecule has 0 aliphatic rings. The van der Waals surface area contributed by atoms with Crippen LogP contribution in [0, 0.1) is 0 Å². The molecule has 142 valence electrons. The lowest BCUT2D eigenvalue weighted by Crippen LogP contribution is -2.01. The molecule has 0 bridgehead atoms. The van der Waals surface area contributed by atoms with Crippen LogP contribution in [-0.2, 0) is 12.8 Å². The van der Waals surface area contributed by atoms with Crippen molar-refractivity contribution in [3.8, 4) is 28.7 Å². The van der Waals surface area contributed by atoms with Crippen LogP contribution >= 0.6 is 34.8 Å². The zero-order chi connectivity index (χ0) is 19.4. The van der Waals surface area contributed by atoms with E-state index >= 15 is 0 Å². The molecule has 0 amide bonds. The molecule has 0 aliphatic heterocycles. The van der Waals surface area contributed by atoms with E-state index < -0.39 is 0 Å². The normalized spacial score (nSPS) is 10.6. The average Bonchev–Trinajstić information content (AvgIpc) is 2.64. The molecule has 0 fully saturated rings. The van der Waals surface area contributed by atoms with Gasteiger partial charge in [-0.25, -0.2) is 0 Å². The molecule has 0 radical (unpaired) electrons. The number of hydrogen-bond donors (Lipinski definition) is 1. The molecule has 2 aromatic rings. The molecule has 0 saturated carbocycles. The first-order valence-corrected chi connectivity index (χ1v) is 8.74. The summed E-state index contributed by atoms with van der Waals surface area (Å²) in [4.78, 5) is 0. The van der Waals surface area contributed by atoms with Crippen LogP contribution in [0.2, 0.25) is 15.1 Å². The topological polar surface area (TPSA) is 57.2 Å². The Morgan fingerprint density at radius 3 is 1.92 bits per heavy atom. The number of halogens is 3. The van der Waals surface area contributed by atoms with Crippen molar-refractivity contribution in [2.75, 3.05) is 28.4 Å². The van der Waals surface area contributed by atoms with Crippen molar-refractivity contribution in [1.82, 2.24) is 0 Å². The molecule has 2 rings (SSSR count). The number of ether oxygens (including phenoxy) is 4. The predicted molar refractivity (Wildman–Crippen MR) is 103 cm³/mol. The van der Waals surface area contributed by atoms with Gasteiger partial charge >= 0.3 is 0 Å². The van der Waals surface area contributed by atoms with E-state index in [1.54, 1.807) is 6.07 Å². The Morgan fingerprint density at radius 1 is 0.769 bits per heavy atom. The minimum absolute atomic E-state index is 0.149. The van der Waals surface area contributed by atoms with Gasteiger partial charge in [0.05, 0.1) is 38.5 Å². The Labute approximate surface area is 167 Å². The highest BCUT2D eigenvalue weighted by atomic mass is 35.5. The molecular weight excluding hydrogens is 403 g/mol. The summed E-state index contributed by atoms with van der Waals surface area (Å²) in [6, 6.07) is 3.30. The zero-order valence-electron chi connectivity index (χ0n) is 14.8. The van der Waals surface area contributed by atoms with E-state index in [4.69, 9.17) is 53.8 Å². The molecule has 0 aliphatic carbocycles. The lowest BCUT2D eigenvalue weighted by Gasteiger charge is -2.17. The average molecular weight is 422 g/mol. The summed E-state index contributed by atoms with van der Waals surface area (Å²) in [6.45, 7) is 0. The molecule has 0 spiro atoms. The van der Waals surface area contributed by atoms with Gasteiger partial charge in [-0.2, -0.15) is 0 Å². The van der Waals surface area contributed by atoms with Crippen LogP contribution in [-0.4, -0.2) is 33.5 Å². The second-order valence-electron chi connectivity index (χ2n) is 5.32. The Balaban J connectivity index is 2.41. The maximum Gasteiger partial charge on any atom is 0.204 e. The fourth-order valence-corrected chi connectivity index (χ4v) is 3.56. The van der Waals surface area contributed by atoms with Crippen molar-refractivity contribution in [2.24, 2.45) is 0 Å². The molecule has 5 nitrogen and oxygen atoms in total. The lowest BCUT2D eigenvalue weighted by molar-refractivity contribution is 0.324. The van der Waals surface area contributed by atoms with Crippen molar-refractivity contribution in [1.29, 1.82) is 0 Å². The quantitative estimate of drug-likeness (QED) is 0.668. The molecule has 1 N–H and O–H groups in total. The van der Waals surface area contributed by atoms with Crippen molar-refractivity contribution < 1.29 is 24.1 Å². The van der Waals surface area contributed by atoms with E-state index in [0.717, 1.165) is 5.56 Å². The van der Waals surface area contributed by atoms with Crippen molar-refractivity contribution in [3.63, 3.8) is 0 Å². The first-order chi connectivity index (χ1) is 12.4. The lowest BCUT2D eigenvalue weighted by atomic mass is 10.0. The van der Waals surface area contributed by atoms with Crippen molar-refractivity contribution >= 4 is 34.8 Å². The fraction of sp³-hybridized carbons (Fsp3) is 0.333.